The predicted octanol–water partition coefficient (Wildman–Crippen LogP) is 3.98. The maximum Gasteiger partial charge on any atom is 0.263 e. The standard InChI is InChI=1S/C21H26N4O3S/c1-11(18-12(2)24-25(5)14(18)4)22-20(26)19-13(3)23-21(29-19)15-8-9-16(27-6)17(10-15)28-7/h8-11H,1-7H3,(H,22,26). The van der Waals surface area contributed by atoms with Crippen molar-refractivity contribution in [1.82, 2.24) is 20.1 Å². The van der Waals surface area contributed by atoms with Gasteiger partial charge in [-0.1, -0.05) is 0 Å². The van der Waals surface area contributed by atoms with Crippen molar-refractivity contribution in [2.24, 2.45) is 7.05 Å². The molecule has 1 aromatic carbocycles. The molecule has 2 heterocycles. The minimum atomic E-state index is -0.151. The van der Waals surface area contributed by atoms with Crippen LogP contribution in [0.4, 0.5) is 0 Å². The summed E-state index contributed by atoms with van der Waals surface area (Å²) in [5, 5.41) is 8.28. The summed E-state index contributed by atoms with van der Waals surface area (Å²) in [6, 6.07) is 5.46. The second-order valence-corrected chi connectivity index (χ2v) is 7.91. The van der Waals surface area contributed by atoms with Crippen LogP contribution >= 0.6 is 11.3 Å². The zero-order valence-electron chi connectivity index (χ0n) is 17.8. The largest absolute Gasteiger partial charge is 0.493 e. The van der Waals surface area contributed by atoms with Crippen molar-refractivity contribution < 1.29 is 14.3 Å². The van der Waals surface area contributed by atoms with Gasteiger partial charge in [0.1, 0.15) is 9.88 Å². The number of nitrogens with one attached hydrogen (secondary N) is 1. The Morgan fingerprint density at radius 1 is 1.14 bits per heavy atom. The van der Waals surface area contributed by atoms with Gasteiger partial charge in [-0.25, -0.2) is 4.98 Å². The molecule has 0 saturated heterocycles. The summed E-state index contributed by atoms with van der Waals surface area (Å²) in [5.41, 5.74) is 4.58. The third-order valence-corrected chi connectivity index (χ3v) is 6.18. The Labute approximate surface area is 174 Å². The minimum Gasteiger partial charge on any atom is -0.493 e. The summed E-state index contributed by atoms with van der Waals surface area (Å²) >= 11 is 1.36. The number of thiazole rings is 1. The van der Waals surface area contributed by atoms with Gasteiger partial charge in [-0.05, 0) is 45.9 Å². The van der Waals surface area contributed by atoms with Crippen molar-refractivity contribution in [2.45, 2.75) is 33.7 Å². The highest BCUT2D eigenvalue weighted by molar-refractivity contribution is 7.17. The Hall–Kier alpha value is -2.87. The van der Waals surface area contributed by atoms with Crippen LogP contribution in [-0.2, 0) is 7.05 Å². The smallest absolute Gasteiger partial charge is 0.263 e. The molecular formula is C21H26N4O3S. The fraction of sp³-hybridized carbons (Fsp3) is 0.381. The van der Waals surface area contributed by atoms with Crippen LogP contribution in [0.3, 0.4) is 0 Å². The number of carbonyl (C=O) groups is 1. The topological polar surface area (TPSA) is 78.3 Å². The van der Waals surface area contributed by atoms with E-state index in [1.807, 2.05) is 57.6 Å². The Morgan fingerprint density at radius 2 is 1.83 bits per heavy atom. The zero-order valence-corrected chi connectivity index (χ0v) is 18.6. The highest BCUT2D eigenvalue weighted by atomic mass is 32.1. The molecule has 0 aliphatic heterocycles. The lowest BCUT2D eigenvalue weighted by molar-refractivity contribution is 0.0943. The molecule has 7 nitrogen and oxygen atoms in total. The SMILES string of the molecule is COc1ccc(-c2nc(C)c(C(=O)NC(C)c3c(C)nn(C)c3C)s2)cc1OC. The number of amides is 1. The number of aryl methyl sites for hydroxylation is 3. The number of benzene rings is 1. The van der Waals surface area contributed by atoms with Crippen LogP contribution in [0.1, 0.15) is 45.3 Å². The van der Waals surface area contributed by atoms with Gasteiger partial charge in [0, 0.05) is 23.9 Å². The summed E-state index contributed by atoms with van der Waals surface area (Å²) in [5.74, 6) is 1.14. The van der Waals surface area contributed by atoms with Gasteiger partial charge in [0.15, 0.2) is 11.5 Å². The lowest BCUT2D eigenvalue weighted by atomic mass is 10.1. The molecule has 0 saturated carbocycles. The minimum absolute atomic E-state index is 0.137. The molecule has 1 amide bonds. The van der Waals surface area contributed by atoms with Crippen LogP contribution in [0.15, 0.2) is 18.2 Å². The highest BCUT2D eigenvalue weighted by Crippen LogP contribution is 2.35. The Balaban J connectivity index is 1.85. The molecule has 154 valence electrons. The van der Waals surface area contributed by atoms with Crippen LogP contribution in [0, 0.1) is 20.8 Å². The normalized spacial score (nSPS) is 12.0. The number of methoxy groups -OCH3 is 2. The summed E-state index contributed by atoms with van der Waals surface area (Å²) < 4.78 is 12.5. The van der Waals surface area contributed by atoms with E-state index < -0.39 is 0 Å². The molecule has 0 aliphatic carbocycles. The molecule has 0 spiro atoms. The first kappa shape index (κ1) is 20.9. The molecule has 0 fully saturated rings. The second-order valence-electron chi connectivity index (χ2n) is 6.91. The van der Waals surface area contributed by atoms with Crippen LogP contribution in [-0.4, -0.2) is 34.9 Å². The number of aromatic nitrogens is 3. The van der Waals surface area contributed by atoms with E-state index in [2.05, 4.69) is 15.4 Å². The molecule has 1 atom stereocenters. The summed E-state index contributed by atoms with van der Waals surface area (Å²) in [4.78, 5) is 18.1. The Morgan fingerprint density at radius 3 is 2.41 bits per heavy atom. The van der Waals surface area contributed by atoms with Gasteiger partial charge in [0.05, 0.1) is 31.6 Å². The first-order valence-corrected chi connectivity index (χ1v) is 10.1. The van der Waals surface area contributed by atoms with Crippen LogP contribution in [0.25, 0.3) is 10.6 Å². The number of hydrogen-bond donors (Lipinski definition) is 1. The van der Waals surface area contributed by atoms with Crippen LogP contribution in [0.5, 0.6) is 11.5 Å². The van der Waals surface area contributed by atoms with E-state index in [-0.39, 0.29) is 11.9 Å². The van der Waals surface area contributed by atoms with Crippen molar-refractivity contribution in [1.29, 1.82) is 0 Å². The van der Waals surface area contributed by atoms with Crippen molar-refractivity contribution in [3.8, 4) is 22.1 Å². The van der Waals surface area contributed by atoms with Crippen molar-refractivity contribution >= 4 is 17.2 Å². The Kier molecular flexibility index (Phi) is 5.93. The molecule has 3 aromatic rings. The van der Waals surface area contributed by atoms with E-state index in [9.17, 15) is 4.79 Å². The first-order valence-electron chi connectivity index (χ1n) is 9.27. The van der Waals surface area contributed by atoms with E-state index >= 15 is 0 Å². The fourth-order valence-corrected chi connectivity index (χ4v) is 4.42. The number of nitrogens with zero attached hydrogens (tertiary/aromatic N) is 3. The third kappa shape index (κ3) is 3.98. The third-order valence-electron chi connectivity index (χ3n) is 4.98. The highest BCUT2D eigenvalue weighted by Gasteiger charge is 2.22. The summed E-state index contributed by atoms with van der Waals surface area (Å²) in [7, 11) is 5.10. The summed E-state index contributed by atoms with van der Waals surface area (Å²) in [6.07, 6.45) is 0. The summed E-state index contributed by atoms with van der Waals surface area (Å²) in [6.45, 7) is 7.78. The fourth-order valence-electron chi connectivity index (χ4n) is 3.45. The zero-order chi connectivity index (χ0) is 21.3. The van der Waals surface area contributed by atoms with Gasteiger partial charge < -0.3 is 14.8 Å². The average Bonchev–Trinajstić information content (AvgIpc) is 3.20. The quantitative estimate of drug-likeness (QED) is 0.660. The van der Waals surface area contributed by atoms with Gasteiger partial charge >= 0.3 is 0 Å². The second kappa shape index (κ2) is 8.24. The Bertz CT molecular complexity index is 1050. The first-order chi connectivity index (χ1) is 13.8. The number of ether oxygens (including phenoxy) is 2. The number of rotatable bonds is 6. The van der Waals surface area contributed by atoms with Gasteiger partial charge in [0.25, 0.3) is 5.91 Å². The predicted molar refractivity (Wildman–Crippen MR) is 114 cm³/mol. The van der Waals surface area contributed by atoms with Gasteiger partial charge in [-0.15, -0.1) is 11.3 Å². The lowest BCUT2D eigenvalue weighted by Crippen LogP contribution is -2.27. The molecule has 3 rings (SSSR count). The van der Waals surface area contributed by atoms with Crippen LogP contribution < -0.4 is 14.8 Å². The number of hydrogen-bond acceptors (Lipinski definition) is 6. The lowest BCUT2D eigenvalue weighted by Gasteiger charge is -2.14. The van der Waals surface area contributed by atoms with Crippen LogP contribution in [0.2, 0.25) is 0 Å². The molecule has 1 unspecified atom stereocenters. The van der Waals surface area contributed by atoms with Crippen molar-refractivity contribution in [2.75, 3.05) is 14.2 Å². The monoisotopic (exact) mass is 414 g/mol. The number of carbonyl (C=O) groups excluding carboxylic acids is 1. The van der Waals surface area contributed by atoms with E-state index in [1.165, 1.54) is 11.3 Å². The molecular weight excluding hydrogens is 388 g/mol. The van der Waals surface area contributed by atoms with E-state index in [0.717, 1.165) is 27.5 Å². The van der Waals surface area contributed by atoms with E-state index in [0.29, 0.717) is 22.1 Å². The maximum atomic E-state index is 12.9. The molecule has 0 radical (unpaired) electrons. The molecule has 2 aromatic heterocycles. The average molecular weight is 415 g/mol. The van der Waals surface area contributed by atoms with Gasteiger partial charge in [-0.2, -0.15) is 5.10 Å². The van der Waals surface area contributed by atoms with Gasteiger partial charge in [0.2, 0.25) is 0 Å². The van der Waals surface area contributed by atoms with E-state index in [1.54, 1.807) is 14.2 Å². The van der Waals surface area contributed by atoms with Gasteiger partial charge in [-0.3, -0.25) is 9.48 Å². The molecule has 0 aliphatic rings. The molecule has 8 heteroatoms. The molecule has 1 N–H and O–H groups in total. The molecule has 0 bridgehead atoms. The maximum absolute atomic E-state index is 12.9. The van der Waals surface area contributed by atoms with Crippen molar-refractivity contribution in [3.05, 3.63) is 45.7 Å². The van der Waals surface area contributed by atoms with E-state index in [4.69, 9.17) is 9.47 Å². The molecule has 29 heavy (non-hydrogen) atoms. The van der Waals surface area contributed by atoms with Crippen molar-refractivity contribution in [3.63, 3.8) is 0 Å².